The van der Waals surface area contributed by atoms with Crippen LogP contribution in [0.15, 0.2) is 66.9 Å². The lowest BCUT2D eigenvalue weighted by Crippen LogP contribution is -2.20. The molecule has 1 heteroatoms. The van der Waals surface area contributed by atoms with Crippen molar-refractivity contribution in [2.45, 2.75) is 19.3 Å². The van der Waals surface area contributed by atoms with Crippen LogP contribution in [0.1, 0.15) is 25.1 Å². The van der Waals surface area contributed by atoms with E-state index in [1.165, 1.54) is 16.3 Å². The van der Waals surface area contributed by atoms with E-state index in [1.54, 1.807) is 0 Å². The number of hydrogen-bond acceptors (Lipinski definition) is 1. The summed E-state index contributed by atoms with van der Waals surface area (Å²) in [6, 6.07) is 21.1. The third-order valence-corrected chi connectivity index (χ3v) is 3.76. The summed E-state index contributed by atoms with van der Waals surface area (Å²) in [7, 11) is 0. The van der Waals surface area contributed by atoms with Gasteiger partial charge in [0.25, 0.3) is 0 Å². The minimum Gasteiger partial charge on any atom is -0.260 e. The predicted octanol–water partition coefficient (Wildman–Crippen LogP) is 4.56. The van der Waals surface area contributed by atoms with Gasteiger partial charge >= 0.3 is 0 Å². The highest BCUT2D eigenvalue weighted by atomic mass is 14.7. The van der Waals surface area contributed by atoms with Crippen LogP contribution in [0.3, 0.4) is 0 Å². The standard InChI is InChI=1S/C18H17N/c1-18(2,15-9-4-3-5-10-15)17-16-11-7-6-8-14(16)12-13-19-17/h3-13H,1-2H3. The Hall–Kier alpha value is -2.15. The predicted molar refractivity (Wildman–Crippen MR) is 80.3 cm³/mol. The first-order valence-electron chi connectivity index (χ1n) is 6.59. The zero-order chi connectivity index (χ0) is 13.3. The Balaban J connectivity index is 2.24. The fourth-order valence-corrected chi connectivity index (χ4v) is 2.61. The molecule has 0 radical (unpaired) electrons. The molecule has 0 aliphatic carbocycles. The van der Waals surface area contributed by atoms with Crippen LogP contribution < -0.4 is 0 Å². The van der Waals surface area contributed by atoms with Crippen LogP contribution in [-0.2, 0) is 5.41 Å². The van der Waals surface area contributed by atoms with Crippen molar-refractivity contribution in [1.29, 1.82) is 0 Å². The summed E-state index contributed by atoms with van der Waals surface area (Å²) in [5.41, 5.74) is 2.33. The Morgan fingerprint density at radius 1 is 0.789 bits per heavy atom. The number of benzene rings is 2. The van der Waals surface area contributed by atoms with Crippen LogP contribution in [0.25, 0.3) is 10.8 Å². The summed E-state index contributed by atoms with van der Waals surface area (Å²) in [5, 5.41) is 2.48. The molecule has 19 heavy (non-hydrogen) atoms. The SMILES string of the molecule is CC(C)(c1ccccc1)c1nccc2ccccc12. The Morgan fingerprint density at radius 2 is 1.47 bits per heavy atom. The monoisotopic (exact) mass is 247 g/mol. The number of pyridine rings is 1. The molecule has 0 spiro atoms. The second kappa shape index (κ2) is 4.51. The first kappa shape index (κ1) is 11.9. The van der Waals surface area contributed by atoms with E-state index >= 15 is 0 Å². The van der Waals surface area contributed by atoms with Crippen molar-refractivity contribution >= 4 is 10.8 Å². The van der Waals surface area contributed by atoms with Crippen molar-refractivity contribution in [3.8, 4) is 0 Å². The highest BCUT2D eigenvalue weighted by Crippen LogP contribution is 2.34. The first-order valence-corrected chi connectivity index (χ1v) is 6.59. The van der Waals surface area contributed by atoms with Crippen LogP contribution in [0.5, 0.6) is 0 Å². The number of aromatic nitrogens is 1. The van der Waals surface area contributed by atoms with Gasteiger partial charge < -0.3 is 0 Å². The summed E-state index contributed by atoms with van der Waals surface area (Å²) >= 11 is 0. The summed E-state index contributed by atoms with van der Waals surface area (Å²) < 4.78 is 0. The third kappa shape index (κ3) is 2.01. The normalized spacial score (nSPS) is 11.7. The highest BCUT2D eigenvalue weighted by molar-refractivity contribution is 5.85. The van der Waals surface area contributed by atoms with Gasteiger partial charge in [0.2, 0.25) is 0 Å². The van der Waals surface area contributed by atoms with Crippen LogP contribution >= 0.6 is 0 Å². The molecule has 0 saturated carbocycles. The van der Waals surface area contributed by atoms with Crippen LogP contribution in [0.2, 0.25) is 0 Å². The molecule has 0 N–H and O–H groups in total. The lowest BCUT2D eigenvalue weighted by atomic mass is 9.79. The molecule has 0 atom stereocenters. The van der Waals surface area contributed by atoms with E-state index in [4.69, 9.17) is 0 Å². The van der Waals surface area contributed by atoms with E-state index in [9.17, 15) is 0 Å². The van der Waals surface area contributed by atoms with Gasteiger partial charge in [0.1, 0.15) is 0 Å². The molecule has 94 valence electrons. The fourth-order valence-electron chi connectivity index (χ4n) is 2.61. The van der Waals surface area contributed by atoms with E-state index in [0.29, 0.717) is 0 Å². The van der Waals surface area contributed by atoms with E-state index < -0.39 is 0 Å². The summed E-state index contributed by atoms with van der Waals surface area (Å²) in [5.74, 6) is 0. The molecular formula is C18H17N. The maximum Gasteiger partial charge on any atom is 0.0581 e. The molecule has 1 aromatic heterocycles. The van der Waals surface area contributed by atoms with E-state index in [1.807, 2.05) is 6.20 Å². The van der Waals surface area contributed by atoms with Crippen molar-refractivity contribution < 1.29 is 0 Å². The number of nitrogens with zero attached hydrogens (tertiary/aromatic N) is 1. The van der Waals surface area contributed by atoms with Crippen LogP contribution in [0, 0.1) is 0 Å². The maximum atomic E-state index is 4.65. The fraction of sp³-hybridized carbons (Fsp3) is 0.167. The van der Waals surface area contributed by atoms with Crippen molar-refractivity contribution in [3.05, 3.63) is 78.1 Å². The molecule has 1 nitrogen and oxygen atoms in total. The van der Waals surface area contributed by atoms with E-state index in [2.05, 4.69) is 79.5 Å². The Labute approximate surface area is 113 Å². The first-order chi connectivity index (χ1) is 9.19. The lowest BCUT2D eigenvalue weighted by molar-refractivity contribution is 0.624. The smallest absolute Gasteiger partial charge is 0.0581 e. The van der Waals surface area contributed by atoms with Gasteiger partial charge in [-0.3, -0.25) is 4.98 Å². The van der Waals surface area contributed by atoms with Gasteiger partial charge in [0.15, 0.2) is 0 Å². The lowest BCUT2D eigenvalue weighted by Gasteiger charge is -2.26. The van der Waals surface area contributed by atoms with Gasteiger partial charge in [-0.25, -0.2) is 0 Å². The Kier molecular flexibility index (Phi) is 2.83. The molecule has 0 fully saturated rings. The zero-order valence-corrected chi connectivity index (χ0v) is 11.3. The molecular weight excluding hydrogens is 230 g/mol. The van der Waals surface area contributed by atoms with Gasteiger partial charge in [0, 0.05) is 17.0 Å². The van der Waals surface area contributed by atoms with Gasteiger partial charge in [-0.2, -0.15) is 0 Å². The molecule has 0 unspecified atom stereocenters. The van der Waals surface area contributed by atoms with Crippen molar-refractivity contribution in [2.24, 2.45) is 0 Å². The minimum absolute atomic E-state index is 0.0951. The molecule has 0 aliphatic rings. The van der Waals surface area contributed by atoms with Gasteiger partial charge in [0.05, 0.1) is 5.69 Å². The summed E-state index contributed by atoms with van der Waals surface area (Å²) in [6.45, 7) is 4.47. The molecule has 3 rings (SSSR count). The number of fused-ring (bicyclic) bond motifs is 1. The topological polar surface area (TPSA) is 12.9 Å². The van der Waals surface area contributed by atoms with Crippen LogP contribution in [-0.4, -0.2) is 4.98 Å². The average Bonchev–Trinajstić information content (AvgIpc) is 2.47. The second-order valence-electron chi connectivity index (χ2n) is 5.37. The Bertz CT molecular complexity index is 694. The third-order valence-electron chi connectivity index (χ3n) is 3.76. The Morgan fingerprint density at radius 3 is 2.26 bits per heavy atom. The zero-order valence-electron chi connectivity index (χ0n) is 11.3. The van der Waals surface area contributed by atoms with Crippen LogP contribution in [0.4, 0.5) is 0 Å². The number of rotatable bonds is 2. The van der Waals surface area contributed by atoms with Crippen molar-refractivity contribution in [1.82, 2.24) is 4.98 Å². The molecule has 3 aromatic rings. The van der Waals surface area contributed by atoms with Gasteiger partial charge in [-0.15, -0.1) is 0 Å². The summed E-state index contributed by atoms with van der Waals surface area (Å²) in [6.07, 6.45) is 1.91. The molecule has 0 amide bonds. The van der Waals surface area contributed by atoms with Crippen molar-refractivity contribution in [2.75, 3.05) is 0 Å². The molecule has 1 heterocycles. The number of hydrogen-bond donors (Lipinski definition) is 0. The second-order valence-corrected chi connectivity index (χ2v) is 5.37. The van der Waals surface area contributed by atoms with E-state index in [0.717, 1.165) is 5.69 Å². The average molecular weight is 247 g/mol. The van der Waals surface area contributed by atoms with Crippen molar-refractivity contribution in [3.63, 3.8) is 0 Å². The quantitative estimate of drug-likeness (QED) is 0.647. The molecule has 2 aromatic carbocycles. The molecule has 0 saturated heterocycles. The van der Waals surface area contributed by atoms with Gasteiger partial charge in [-0.1, -0.05) is 68.4 Å². The minimum atomic E-state index is -0.0951. The highest BCUT2D eigenvalue weighted by Gasteiger charge is 2.26. The molecule has 0 bridgehead atoms. The van der Waals surface area contributed by atoms with E-state index in [-0.39, 0.29) is 5.41 Å². The largest absolute Gasteiger partial charge is 0.260 e. The van der Waals surface area contributed by atoms with Gasteiger partial charge in [-0.05, 0) is 17.0 Å². The summed E-state index contributed by atoms with van der Waals surface area (Å²) in [4.78, 5) is 4.65. The molecule has 0 aliphatic heterocycles. The maximum absolute atomic E-state index is 4.65.